The van der Waals surface area contributed by atoms with Gasteiger partial charge in [0.15, 0.2) is 0 Å². The van der Waals surface area contributed by atoms with Gasteiger partial charge in [0.2, 0.25) is 10.0 Å². The van der Waals surface area contributed by atoms with Gasteiger partial charge >= 0.3 is 0 Å². The Morgan fingerprint density at radius 2 is 2.29 bits per heavy atom. The molecule has 0 aromatic heterocycles. The molecular formula is C12H22N2O2S. The highest BCUT2D eigenvalue weighted by Crippen LogP contribution is 2.16. The summed E-state index contributed by atoms with van der Waals surface area (Å²) in [6.07, 6.45) is 6.28. The van der Waals surface area contributed by atoms with Gasteiger partial charge < -0.3 is 5.32 Å². The molecule has 98 valence electrons. The standard InChI is InChI=1S/C12H22N2O2S/c1-11-5-4-8-14(9-11)17(15,16)10-12-6-2-3-7-13-12/h5,12-13H,2-4,6-10H2,1H3. The van der Waals surface area contributed by atoms with E-state index in [1.165, 1.54) is 6.42 Å². The monoisotopic (exact) mass is 258 g/mol. The van der Waals surface area contributed by atoms with Gasteiger partial charge in [-0.3, -0.25) is 0 Å². The highest BCUT2D eigenvalue weighted by atomic mass is 32.2. The first-order chi connectivity index (χ1) is 8.08. The number of sulfonamides is 1. The Balaban J connectivity index is 1.96. The van der Waals surface area contributed by atoms with E-state index >= 15 is 0 Å². The summed E-state index contributed by atoms with van der Waals surface area (Å²) < 4.78 is 26.2. The van der Waals surface area contributed by atoms with Crippen LogP contribution >= 0.6 is 0 Å². The van der Waals surface area contributed by atoms with Crippen molar-refractivity contribution in [1.29, 1.82) is 0 Å². The molecule has 0 radical (unpaired) electrons. The van der Waals surface area contributed by atoms with Crippen molar-refractivity contribution in [2.75, 3.05) is 25.4 Å². The zero-order valence-electron chi connectivity index (χ0n) is 10.5. The minimum Gasteiger partial charge on any atom is -0.313 e. The second-order valence-corrected chi connectivity index (χ2v) is 7.11. The fourth-order valence-corrected chi connectivity index (χ4v) is 4.33. The summed E-state index contributed by atoms with van der Waals surface area (Å²) in [5, 5.41) is 3.31. The molecule has 4 nitrogen and oxygen atoms in total. The molecule has 2 rings (SSSR count). The van der Waals surface area contributed by atoms with Crippen molar-refractivity contribution in [2.45, 2.75) is 38.6 Å². The molecule has 0 saturated carbocycles. The molecule has 0 bridgehead atoms. The van der Waals surface area contributed by atoms with E-state index in [2.05, 4.69) is 11.4 Å². The minimum absolute atomic E-state index is 0.153. The van der Waals surface area contributed by atoms with Crippen molar-refractivity contribution >= 4 is 10.0 Å². The highest BCUT2D eigenvalue weighted by molar-refractivity contribution is 7.89. The molecule has 1 unspecified atom stereocenters. The largest absolute Gasteiger partial charge is 0.313 e. The predicted octanol–water partition coefficient (Wildman–Crippen LogP) is 1.11. The molecule has 0 aliphatic carbocycles. The first kappa shape index (κ1) is 13.1. The maximum absolute atomic E-state index is 12.3. The third-order valence-electron chi connectivity index (χ3n) is 3.51. The van der Waals surface area contributed by atoms with Gasteiger partial charge in [0.25, 0.3) is 0 Å². The van der Waals surface area contributed by atoms with E-state index in [1.54, 1.807) is 4.31 Å². The van der Waals surface area contributed by atoms with Crippen molar-refractivity contribution in [3.63, 3.8) is 0 Å². The molecule has 0 spiro atoms. The van der Waals surface area contributed by atoms with Crippen LogP contribution in [0, 0.1) is 0 Å². The molecule has 0 aromatic carbocycles. The molecule has 5 heteroatoms. The van der Waals surface area contributed by atoms with Crippen LogP contribution in [0.2, 0.25) is 0 Å². The third-order valence-corrected chi connectivity index (χ3v) is 5.44. The van der Waals surface area contributed by atoms with E-state index in [0.717, 1.165) is 31.4 Å². The second-order valence-electron chi connectivity index (χ2n) is 5.10. The number of rotatable bonds is 3. The summed E-state index contributed by atoms with van der Waals surface area (Å²) in [6, 6.07) is 0.153. The molecule has 1 fully saturated rings. The van der Waals surface area contributed by atoms with Crippen molar-refractivity contribution in [3.05, 3.63) is 11.6 Å². The van der Waals surface area contributed by atoms with Gasteiger partial charge in [-0.15, -0.1) is 0 Å². The van der Waals surface area contributed by atoms with Crippen LogP contribution in [0.15, 0.2) is 11.6 Å². The van der Waals surface area contributed by atoms with E-state index in [4.69, 9.17) is 0 Å². The van der Waals surface area contributed by atoms with Gasteiger partial charge in [-0.05, 0) is 32.7 Å². The predicted molar refractivity (Wildman–Crippen MR) is 69.4 cm³/mol. The third kappa shape index (κ3) is 3.53. The summed E-state index contributed by atoms with van der Waals surface area (Å²) in [5.74, 6) is 0.264. The van der Waals surface area contributed by atoms with Crippen LogP contribution in [-0.2, 0) is 10.0 Å². The summed E-state index contributed by atoms with van der Waals surface area (Å²) in [5.41, 5.74) is 1.16. The number of nitrogens with one attached hydrogen (secondary N) is 1. The molecule has 1 atom stereocenters. The molecule has 1 N–H and O–H groups in total. The van der Waals surface area contributed by atoms with Crippen LogP contribution in [0.1, 0.15) is 32.6 Å². The van der Waals surface area contributed by atoms with Crippen molar-refractivity contribution < 1.29 is 8.42 Å². The first-order valence-corrected chi connectivity index (χ1v) is 8.06. The highest BCUT2D eigenvalue weighted by Gasteiger charge is 2.27. The van der Waals surface area contributed by atoms with Crippen LogP contribution in [0.5, 0.6) is 0 Å². The Morgan fingerprint density at radius 1 is 1.47 bits per heavy atom. The second kappa shape index (κ2) is 5.50. The molecule has 0 aromatic rings. The summed E-state index contributed by atoms with van der Waals surface area (Å²) >= 11 is 0. The van der Waals surface area contributed by atoms with E-state index < -0.39 is 10.0 Å². The summed E-state index contributed by atoms with van der Waals surface area (Å²) in [7, 11) is -3.09. The maximum Gasteiger partial charge on any atom is 0.215 e. The summed E-state index contributed by atoms with van der Waals surface area (Å²) in [6.45, 7) is 4.18. The zero-order valence-corrected chi connectivity index (χ0v) is 11.3. The smallest absolute Gasteiger partial charge is 0.215 e. The maximum atomic E-state index is 12.3. The van der Waals surface area contributed by atoms with Crippen molar-refractivity contribution in [3.8, 4) is 0 Å². The molecule has 1 saturated heterocycles. The molecule has 2 heterocycles. The Labute approximate surface area is 104 Å². The quantitative estimate of drug-likeness (QED) is 0.772. The Morgan fingerprint density at radius 3 is 2.94 bits per heavy atom. The van der Waals surface area contributed by atoms with Crippen molar-refractivity contribution in [2.24, 2.45) is 0 Å². The van der Waals surface area contributed by atoms with E-state index in [0.29, 0.717) is 13.1 Å². The van der Waals surface area contributed by atoms with Gasteiger partial charge in [-0.1, -0.05) is 18.1 Å². The first-order valence-electron chi connectivity index (χ1n) is 6.45. The summed E-state index contributed by atoms with van der Waals surface area (Å²) in [4.78, 5) is 0. The van der Waals surface area contributed by atoms with Crippen LogP contribution in [0.4, 0.5) is 0 Å². The van der Waals surface area contributed by atoms with Gasteiger partial charge in [-0.2, -0.15) is 4.31 Å². The normalized spacial score (nSPS) is 27.8. The average molecular weight is 258 g/mol. The van der Waals surface area contributed by atoms with Crippen LogP contribution in [0.25, 0.3) is 0 Å². The molecule has 2 aliphatic rings. The number of hydrogen-bond donors (Lipinski definition) is 1. The van der Waals surface area contributed by atoms with Gasteiger partial charge in [0, 0.05) is 19.1 Å². The van der Waals surface area contributed by atoms with E-state index in [-0.39, 0.29) is 11.8 Å². The Hall–Kier alpha value is -0.390. The zero-order chi connectivity index (χ0) is 12.3. The lowest BCUT2D eigenvalue weighted by Crippen LogP contribution is -2.45. The lowest BCUT2D eigenvalue weighted by Gasteiger charge is -2.29. The fraction of sp³-hybridized carbons (Fsp3) is 0.833. The Kier molecular flexibility index (Phi) is 4.22. The lowest BCUT2D eigenvalue weighted by atomic mass is 10.1. The van der Waals surface area contributed by atoms with Gasteiger partial charge in [-0.25, -0.2) is 8.42 Å². The van der Waals surface area contributed by atoms with E-state index in [9.17, 15) is 8.42 Å². The average Bonchev–Trinajstić information content (AvgIpc) is 2.30. The van der Waals surface area contributed by atoms with Crippen molar-refractivity contribution in [1.82, 2.24) is 9.62 Å². The van der Waals surface area contributed by atoms with E-state index in [1.807, 2.05) is 6.92 Å². The molecule has 17 heavy (non-hydrogen) atoms. The molecule has 2 aliphatic heterocycles. The van der Waals surface area contributed by atoms with Crippen LogP contribution < -0.4 is 5.32 Å². The Bertz CT molecular complexity index is 383. The number of piperidine rings is 1. The molecular weight excluding hydrogens is 236 g/mol. The SMILES string of the molecule is CC1=CCCN(S(=O)(=O)CC2CCCCN2)C1. The number of nitrogens with zero attached hydrogens (tertiary/aromatic N) is 1. The van der Waals surface area contributed by atoms with Gasteiger partial charge in [0.1, 0.15) is 0 Å². The fourth-order valence-electron chi connectivity index (χ4n) is 2.54. The minimum atomic E-state index is -3.09. The lowest BCUT2D eigenvalue weighted by molar-refractivity contribution is 0.396. The van der Waals surface area contributed by atoms with Gasteiger partial charge in [0.05, 0.1) is 5.75 Å². The van der Waals surface area contributed by atoms with Crippen LogP contribution in [-0.4, -0.2) is 44.2 Å². The van der Waals surface area contributed by atoms with Crippen LogP contribution in [0.3, 0.4) is 0 Å². The topological polar surface area (TPSA) is 49.4 Å². The number of hydrogen-bond acceptors (Lipinski definition) is 3. The molecule has 0 amide bonds.